The standard InChI is InChI=1S/C13H13IN3O4/c1-2-21-13(18)12(9-5-3-4-6-10(9)14)16-7-11(15-8-16)17(19)20/h3-8,12,19H,2H2,1H3/q-1. The fourth-order valence-corrected chi connectivity index (χ4v) is 2.58. The van der Waals surface area contributed by atoms with Gasteiger partial charge in [0.05, 0.1) is 19.1 Å². The molecule has 2 rings (SSSR count). The number of carbonyl (C=O) groups excluding carboxylic acids is 1. The van der Waals surface area contributed by atoms with Crippen LogP contribution in [0, 0.1) is 8.78 Å². The maximum Gasteiger partial charge on any atom is 0.333 e. The van der Waals surface area contributed by atoms with E-state index >= 15 is 0 Å². The number of anilines is 1. The number of imidazole rings is 1. The molecule has 8 heteroatoms. The van der Waals surface area contributed by atoms with Crippen LogP contribution >= 0.6 is 22.6 Å². The Morgan fingerprint density at radius 3 is 2.86 bits per heavy atom. The van der Waals surface area contributed by atoms with Gasteiger partial charge in [-0.2, -0.15) is 0 Å². The van der Waals surface area contributed by atoms with Crippen molar-refractivity contribution in [2.75, 3.05) is 11.8 Å². The summed E-state index contributed by atoms with van der Waals surface area (Å²) in [5.74, 6) is -0.656. The highest BCUT2D eigenvalue weighted by Gasteiger charge is 2.26. The summed E-state index contributed by atoms with van der Waals surface area (Å²) < 4.78 is 7.41. The summed E-state index contributed by atoms with van der Waals surface area (Å²) in [7, 11) is 0. The molecule has 1 heterocycles. The van der Waals surface area contributed by atoms with E-state index < -0.39 is 12.0 Å². The third-order valence-electron chi connectivity index (χ3n) is 2.79. The van der Waals surface area contributed by atoms with E-state index in [4.69, 9.17) is 9.94 Å². The number of rotatable bonds is 5. The van der Waals surface area contributed by atoms with E-state index in [-0.39, 0.29) is 17.7 Å². The molecule has 1 aromatic carbocycles. The molecule has 0 bridgehead atoms. The minimum Gasteiger partial charge on any atom is -0.732 e. The van der Waals surface area contributed by atoms with E-state index in [1.165, 1.54) is 17.1 Å². The minimum absolute atomic E-state index is 0.199. The quantitative estimate of drug-likeness (QED) is 0.469. The molecule has 112 valence electrons. The zero-order valence-electron chi connectivity index (χ0n) is 11.1. The van der Waals surface area contributed by atoms with Gasteiger partial charge in [0.15, 0.2) is 11.9 Å². The number of aromatic nitrogens is 2. The van der Waals surface area contributed by atoms with Gasteiger partial charge in [0, 0.05) is 3.57 Å². The lowest BCUT2D eigenvalue weighted by Gasteiger charge is -2.20. The highest BCUT2D eigenvalue weighted by molar-refractivity contribution is 14.1. The van der Waals surface area contributed by atoms with Gasteiger partial charge in [-0.1, -0.05) is 18.2 Å². The zero-order valence-corrected chi connectivity index (χ0v) is 13.3. The molecule has 1 atom stereocenters. The molecule has 1 N–H and O–H groups in total. The van der Waals surface area contributed by atoms with Gasteiger partial charge in [0.2, 0.25) is 0 Å². The van der Waals surface area contributed by atoms with Crippen molar-refractivity contribution in [3.63, 3.8) is 0 Å². The van der Waals surface area contributed by atoms with Gasteiger partial charge >= 0.3 is 5.97 Å². The highest BCUT2D eigenvalue weighted by atomic mass is 127. The predicted molar refractivity (Wildman–Crippen MR) is 83.8 cm³/mol. The van der Waals surface area contributed by atoms with Crippen molar-refractivity contribution in [1.29, 1.82) is 0 Å². The summed E-state index contributed by atoms with van der Waals surface area (Å²) in [5, 5.41) is 19.4. The van der Waals surface area contributed by atoms with Gasteiger partial charge in [0.25, 0.3) is 0 Å². The molecule has 0 radical (unpaired) electrons. The molecule has 21 heavy (non-hydrogen) atoms. The first-order valence-electron chi connectivity index (χ1n) is 6.15. The van der Waals surface area contributed by atoms with Crippen LogP contribution in [0.1, 0.15) is 18.5 Å². The van der Waals surface area contributed by atoms with E-state index in [1.807, 2.05) is 18.2 Å². The number of hydrogen-bond donors (Lipinski definition) is 1. The van der Waals surface area contributed by atoms with Gasteiger partial charge < -0.3 is 19.7 Å². The summed E-state index contributed by atoms with van der Waals surface area (Å²) in [4.78, 5) is 16.0. The maximum atomic E-state index is 12.2. The Labute approximate surface area is 134 Å². The summed E-state index contributed by atoms with van der Waals surface area (Å²) >= 11 is 2.12. The van der Waals surface area contributed by atoms with Crippen molar-refractivity contribution in [3.05, 3.63) is 51.1 Å². The lowest BCUT2D eigenvalue weighted by atomic mass is 10.1. The molecule has 2 aromatic rings. The van der Waals surface area contributed by atoms with Gasteiger partial charge in [0.1, 0.15) is 0 Å². The van der Waals surface area contributed by atoms with Crippen molar-refractivity contribution >= 4 is 34.4 Å². The Bertz CT molecular complexity index is 629. The van der Waals surface area contributed by atoms with Crippen LogP contribution in [-0.4, -0.2) is 27.3 Å². The van der Waals surface area contributed by atoms with E-state index in [0.717, 1.165) is 9.13 Å². The van der Waals surface area contributed by atoms with Crippen LogP contribution in [0.15, 0.2) is 36.8 Å². The smallest absolute Gasteiger partial charge is 0.333 e. The van der Waals surface area contributed by atoms with Crippen LogP contribution in [0.4, 0.5) is 5.82 Å². The maximum absolute atomic E-state index is 12.2. The second-order valence-electron chi connectivity index (χ2n) is 4.13. The highest BCUT2D eigenvalue weighted by Crippen LogP contribution is 2.26. The molecule has 0 fully saturated rings. The molecular formula is C13H13IN3O4-. The SMILES string of the molecule is CCOC(=O)C(c1ccccc1I)n1cnc(N([O-])O)c1. The van der Waals surface area contributed by atoms with Crippen molar-refractivity contribution in [2.45, 2.75) is 13.0 Å². The molecule has 0 aliphatic heterocycles. The minimum atomic E-state index is -0.765. The molecule has 0 aliphatic carbocycles. The summed E-state index contributed by atoms with van der Waals surface area (Å²) in [6, 6.07) is 6.58. The number of ether oxygens (including phenoxy) is 1. The molecule has 1 unspecified atom stereocenters. The first kappa shape index (κ1) is 15.7. The number of benzene rings is 1. The summed E-state index contributed by atoms with van der Waals surface area (Å²) in [5.41, 5.74) is 0.732. The molecule has 1 aromatic heterocycles. The lowest BCUT2D eigenvalue weighted by Crippen LogP contribution is -2.23. The zero-order chi connectivity index (χ0) is 15.4. The van der Waals surface area contributed by atoms with Gasteiger partial charge in [-0.3, -0.25) is 5.21 Å². The number of hydrogen-bond acceptors (Lipinski definition) is 6. The molecule has 0 saturated carbocycles. The predicted octanol–water partition coefficient (Wildman–Crippen LogP) is 2.33. The van der Waals surface area contributed by atoms with Crippen molar-refractivity contribution in [3.8, 4) is 0 Å². The largest absolute Gasteiger partial charge is 0.732 e. The van der Waals surface area contributed by atoms with E-state index in [9.17, 15) is 10.0 Å². The summed E-state index contributed by atoms with van der Waals surface area (Å²) in [6.07, 6.45) is 2.60. The number of halogens is 1. The number of nitrogens with zero attached hydrogens (tertiary/aromatic N) is 3. The van der Waals surface area contributed by atoms with Crippen LogP contribution in [0.2, 0.25) is 0 Å². The Morgan fingerprint density at radius 2 is 2.29 bits per heavy atom. The number of esters is 1. The van der Waals surface area contributed by atoms with Crippen molar-refractivity contribution < 1.29 is 14.7 Å². The Balaban J connectivity index is 2.45. The van der Waals surface area contributed by atoms with E-state index in [2.05, 4.69) is 27.6 Å². The third-order valence-corrected chi connectivity index (χ3v) is 3.77. The van der Waals surface area contributed by atoms with Gasteiger partial charge in [-0.15, -0.1) is 0 Å². The molecule has 7 nitrogen and oxygen atoms in total. The van der Waals surface area contributed by atoms with Crippen LogP contribution in [0.3, 0.4) is 0 Å². The first-order chi connectivity index (χ1) is 10.0. The second kappa shape index (κ2) is 6.87. The van der Waals surface area contributed by atoms with E-state index in [1.54, 1.807) is 13.0 Å². The second-order valence-corrected chi connectivity index (χ2v) is 5.29. The summed E-state index contributed by atoms with van der Waals surface area (Å²) in [6.45, 7) is 1.96. The average molecular weight is 402 g/mol. The van der Waals surface area contributed by atoms with Crippen LogP contribution in [0.25, 0.3) is 0 Å². The van der Waals surface area contributed by atoms with Crippen LogP contribution < -0.4 is 5.23 Å². The van der Waals surface area contributed by atoms with E-state index in [0.29, 0.717) is 0 Å². The van der Waals surface area contributed by atoms with Gasteiger partial charge in [-0.25, -0.2) is 9.78 Å². The average Bonchev–Trinajstić information content (AvgIpc) is 2.91. The monoisotopic (exact) mass is 402 g/mol. The first-order valence-corrected chi connectivity index (χ1v) is 7.23. The third kappa shape index (κ3) is 3.52. The molecule has 0 aliphatic rings. The van der Waals surface area contributed by atoms with Crippen LogP contribution in [0.5, 0.6) is 0 Å². The molecule has 0 saturated heterocycles. The Hall–Kier alpha value is -1.65. The lowest BCUT2D eigenvalue weighted by molar-refractivity contribution is -0.145. The van der Waals surface area contributed by atoms with Crippen LogP contribution in [-0.2, 0) is 9.53 Å². The molecule has 0 spiro atoms. The molecular weight excluding hydrogens is 389 g/mol. The van der Waals surface area contributed by atoms with Gasteiger partial charge in [-0.05, 0) is 41.1 Å². The Morgan fingerprint density at radius 1 is 1.57 bits per heavy atom. The van der Waals surface area contributed by atoms with Crippen molar-refractivity contribution in [2.24, 2.45) is 0 Å². The molecule has 0 amide bonds. The number of carbonyl (C=O) groups is 1. The Kier molecular flexibility index (Phi) is 5.15. The fraction of sp³-hybridized carbons (Fsp3) is 0.231. The van der Waals surface area contributed by atoms with Crippen molar-refractivity contribution in [1.82, 2.24) is 9.55 Å². The topological polar surface area (TPSA) is 90.7 Å². The fourth-order valence-electron chi connectivity index (χ4n) is 1.89. The normalized spacial score (nSPS) is 12.0.